The van der Waals surface area contributed by atoms with E-state index in [0.717, 1.165) is 0 Å². The molecule has 0 aliphatic rings. The fourth-order valence-electron chi connectivity index (χ4n) is 1.79. The van der Waals surface area contributed by atoms with Gasteiger partial charge in [-0.25, -0.2) is 8.42 Å². The summed E-state index contributed by atoms with van der Waals surface area (Å²) in [5, 5.41) is 0. The minimum Gasteiger partial charge on any atom is -0.269 e. The van der Waals surface area contributed by atoms with E-state index in [1.165, 1.54) is 11.4 Å². The molecule has 0 bridgehead atoms. The van der Waals surface area contributed by atoms with Crippen LogP contribution in [0.4, 0.5) is 5.69 Å². The third kappa shape index (κ3) is 2.74. The first-order chi connectivity index (χ1) is 9.07. The Morgan fingerprint density at radius 3 is 2.21 bits per heavy atom. The molecule has 0 aliphatic carbocycles. The SMILES string of the molecule is CN(c1ccccc1)S(=O)(=O)c1ccccc1CCl. The van der Waals surface area contributed by atoms with E-state index in [2.05, 4.69) is 0 Å². The standard InChI is InChI=1S/C14H14ClNO2S/c1-16(13-8-3-2-4-9-13)19(17,18)14-10-6-5-7-12(14)11-15/h2-10H,11H2,1H3. The third-order valence-electron chi connectivity index (χ3n) is 2.87. The zero-order valence-electron chi connectivity index (χ0n) is 10.5. The van der Waals surface area contributed by atoms with Gasteiger partial charge in [-0.2, -0.15) is 0 Å². The fraction of sp³-hybridized carbons (Fsp3) is 0.143. The first-order valence-electron chi connectivity index (χ1n) is 5.75. The highest BCUT2D eigenvalue weighted by Crippen LogP contribution is 2.24. The number of sulfonamides is 1. The minimum atomic E-state index is -3.59. The monoisotopic (exact) mass is 295 g/mol. The Kier molecular flexibility index (Phi) is 4.12. The van der Waals surface area contributed by atoms with Crippen molar-refractivity contribution in [2.75, 3.05) is 11.4 Å². The second kappa shape index (κ2) is 5.63. The average molecular weight is 296 g/mol. The molecular weight excluding hydrogens is 282 g/mol. The van der Waals surface area contributed by atoms with E-state index in [4.69, 9.17) is 11.6 Å². The Morgan fingerprint density at radius 1 is 1.00 bits per heavy atom. The summed E-state index contributed by atoms with van der Waals surface area (Å²) in [6, 6.07) is 15.7. The highest BCUT2D eigenvalue weighted by Gasteiger charge is 2.23. The van der Waals surface area contributed by atoms with Crippen molar-refractivity contribution < 1.29 is 8.42 Å². The molecule has 0 N–H and O–H groups in total. The maximum atomic E-state index is 12.6. The molecule has 100 valence electrons. The summed E-state index contributed by atoms with van der Waals surface area (Å²) in [4.78, 5) is 0.247. The quantitative estimate of drug-likeness (QED) is 0.812. The summed E-state index contributed by atoms with van der Waals surface area (Å²) in [5.74, 6) is 0.165. The normalized spacial score (nSPS) is 11.3. The van der Waals surface area contributed by atoms with Crippen LogP contribution in [0.25, 0.3) is 0 Å². The van der Waals surface area contributed by atoms with Crippen LogP contribution in [0.5, 0.6) is 0 Å². The second-order valence-electron chi connectivity index (χ2n) is 4.05. The number of para-hydroxylation sites is 1. The molecule has 0 saturated heterocycles. The van der Waals surface area contributed by atoms with Crippen LogP contribution in [-0.4, -0.2) is 15.5 Å². The topological polar surface area (TPSA) is 37.4 Å². The Bertz CT molecular complexity index is 656. The summed E-state index contributed by atoms with van der Waals surface area (Å²) in [6.07, 6.45) is 0. The van der Waals surface area contributed by atoms with Gasteiger partial charge in [0.05, 0.1) is 10.6 Å². The summed E-state index contributed by atoms with van der Waals surface area (Å²) in [5.41, 5.74) is 1.22. The molecular formula is C14H14ClNO2S. The third-order valence-corrected chi connectivity index (χ3v) is 5.05. The minimum absolute atomic E-state index is 0.165. The van der Waals surface area contributed by atoms with E-state index in [0.29, 0.717) is 11.3 Å². The molecule has 5 heteroatoms. The molecule has 0 fully saturated rings. The molecule has 0 atom stereocenters. The second-order valence-corrected chi connectivity index (χ2v) is 6.25. The van der Waals surface area contributed by atoms with Crippen LogP contribution in [0.15, 0.2) is 59.5 Å². The van der Waals surface area contributed by atoms with Gasteiger partial charge in [-0.3, -0.25) is 4.31 Å². The largest absolute Gasteiger partial charge is 0.269 e. The number of anilines is 1. The molecule has 19 heavy (non-hydrogen) atoms. The highest BCUT2D eigenvalue weighted by molar-refractivity contribution is 7.92. The Labute approximate surface area is 118 Å². The van der Waals surface area contributed by atoms with Gasteiger partial charge >= 0.3 is 0 Å². The molecule has 2 aromatic carbocycles. The lowest BCUT2D eigenvalue weighted by molar-refractivity contribution is 0.593. The Hall–Kier alpha value is -1.52. The molecule has 0 saturated carbocycles. The van der Waals surface area contributed by atoms with Crippen molar-refractivity contribution in [1.82, 2.24) is 0 Å². The van der Waals surface area contributed by atoms with Crippen molar-refractivity contribution in [3.05, 3.63) is 60.2 Å². The molecule has 0 radical (unpaired) electrons. The van der Waals surface area contributed by atoms with E-state index in [9.17, 15) is 8.42 Å². The summed E-state index contributed by atoms with van der Waals surface area (Å²) in [6.45, 7) is 0. The van der Waals surface area contributed by atoms with Gasteiger partial charge in [-0.05, 0) is 23.8 Å². The number of nitrogens with zero attached hydrogens (tertiary/aromatic N) is 1. The van der Waals surface area contributed by atoms with Crippen LogP contribution in [0.3, 0.4) is 0 Å². The number of alkyl halides is 1. The Morgan fingerprint density at radius 2 is 1.58 bits per heavy atom. The van der Waals surface area contributed by atoms with Crippen molar-refractivity contribution in [2.45, 2.75) is 10.8 Å². The van der Waals surface area contributed by atoms with Gasteiger partial charge in [-0.1, -0.05) is 36.4 Å². The van der Waals surface area contributed by atoms with Gasteiger partial charge in [-0.15, -0.1) is 11.6 Å². The number of hydrogen-bond acceptors (Lipinski definition) is 2. The van der Waals surface area contributed by atoms with Gasteiger partial charge in [0.25, 0.3) is 10.0 Å². The number of hydrogen-bond donors (Lipinski definition) is 0. The lowest BCUT2D eigenvalue weighted by atomic mass is 10.2. The molecule has 0 aliphatic heterocycles. The molecule has 2 aromatic rings. The van der Waals surface area contributed by atoms with Gasteiger partial charge < -0.3 is 0 Å². The van der Waals surface area contributed by atoms with E-state index in [1.54, 1.807) is 48.5 Å². The lowest BCUT2D eigenvalue weighted by Crippen LogP contribution is -2.27. The van der Waals surface area contributed by atoms with Crippen LogP contribution in [0, 0.1) is 0 Å². The van der Waals surface area contributed by atoms with Gasteiger partial charge in [0.15, 0.2) is 0 Å². The molecule has 0 amide bonds. The van der Waals surface area contributed by atoms with Crippen LogP contribution in [0.1, 0.15) is 5.56 Å². The number of rotatable bonds is 4. The predicted molar refractivity (Wildman–Crippen MR) is 78.0 cm³/mol. The number of benzene rings is 2. The van der Waals surface area contributed by atoms with Gasteiger partial charge in [0, 0.05) is 12.9 Å². The van der Waals surface area contributed by atoms with Crippen LogP contribution < -0.4 is 4.31 Å². The lowest BCUT2D eigenvalue weighted by Gasteiger charge is -2.20. The van der Waals surface area contributed by atoms with Gasteiger partial charge in [0.1, 0.15) is 0 Å². The predicted octanol–water partition coefficient (Wildman–Crippen LogP) is 3.25. The molecule has 0 heterocycles. The number of halogens is 1. The highest BCUT2D eigenvalue weighted by atomic mass is 35.5. The van der Waals surface area contributed by atoms with E-state index in [1.807, 2.05) is 6.07 Å². The maximum absolute atomic E-state index is 12.6. The fourth-order valence-corrected chi connectivity index (χ4v) is 3.52. The van der Waals surface area contributed by atoms with E-state index < -0.39 is 10.0 Å². The molecule has 3 nitrogen and oxygen atoms in total. The average Bonchev–Trinajstić information content (AvgIpc) is 2.47. The van der Waals surface area contributed by atoms with Crippen LogP contribution >= 0.6 is 11.6 Å². The molecule has 2 rings (SSSR count). The first-order valence-corrected chi connectivity index (χ1v) is 7.72. The van der Waals surface area contributed by atoms with Crippen LogP contribution in [-0.2, 0) is 15.9 Å². The first kappa shape index (κ1) is 13.9. The smallest absolute Gasteiger partial charge is 0.264 e. The summed E-state index contributed by atoms with van der Waals surface area (Å²) >= 11 is 5.81. The molecule has 0 unspecified atom stereocenters. The van der Waals surface area contributed by atoms with Crippen molar-refractivity contribution in [2.24, 2.45) is 0 Å². The van der Waals surface area contributed by atoms with Crippen molar-refractivity contribution >= 4 is 27.3 Å². The Balaban J connectivity index is 2.48. The summed E-state index contributed by atoms with van der Waals surface area (Å²) < 4.78 is 26.4. The zero-order valence-corrected chi connectivity index (χ0v) is 12.0. The zero-order chi connectivity index (χ0) is 13.9. The van der Waals surface area contributed by atoms with Crippen LogP contribution in [0.2, 0.25) is 0 Å². The summed E-state index contributed by atoms with van der Waals surface area (Å²) in [7, 11) is -2.05. The maximum Gasteiger partial charge on any atom is 0.264 e. The van der Waals surface area contributed by atoms with E-state index >= 15 is 0 Å². The van der Waals surface area contributed by atoms with Crippen molar-refractivity contribution in [3.63, 3.8) is 0 Å². The molecule has 0 aromatic heterocycles. The molecule has 0 spiro atoms. The van der Waals surface area contributed by atoms with Crippen molar-refractivity contribution in [3.8, 4) is 0 Å². The van der Waals surface area contributed by atoms with E-state index in [-0.39, 0.29) is 10.8 Å². The van der Waals surface area contributed by atoms with Crippen molar-refractivity contribution in [1.29, 1.82) is 0 Å². The van der Waals surface area contributed by atoms with Gasteiger partial charge in [0.2, 0.25) is 0 Å².